The monoisotopic (exact) mass is 296 g/mol. The van der Waals surface area contributed by atoms with Crippen LogP contribution in [-0.4, -0.2) is 6.10 Å². The summed E-state index contributed by atoms with van der Waals surface area (Å²) < 4.78 is 7.32. The van der Waals surface area contributed by atoms with Gasteiger partial charge in [0.15, 0.2) is 0 Å². The van der Waals surface area contributed by atoms with Crippen LogP contribution in [0.5, 0.6) is 5.75 Å². The van der Waals surface area contributed by atoms with Crippen molar-refractivity contribution in [3.63, 3.8) is 0 Å². The van der Waals surface area contributed by atoms with E-state index in [1.165, 1.54) is 37.7 Å². The molecule has 2 rings (SSSR count). The highest BCUT2D eigenvalue weighted by atomic mass is 79.9. The van der Waals surface area contributed by atoms with Crippen LogP contribution in [0.3, 0.4) is 0 Å². The first kappa shape index (κ1) is 12.9. The molecule has 1 aromatic carbocycles. The van der Waals surface area contributed by atoms with Gasteiger partial charge in [-0.2, -0.15) is 0 Å². The number of rotatable bonds is 3. The third kappa shape index (κ3) is 3.48. The minimum Gasteiger partial charge on any atom is -0.490 e. The van der Waals surface area contributed by atoms with E-state index >= 15 is 0 Å². The van der Waals surface area contributed by atoms with Gasteiger partial charge in [-0.15, -0.1) is 0 Å². The topological polar surface area (TPSA) is 9.23 Å². The Morgan fingerprint density at radius 2 is 1.88 bits per heavy atom. The van der Waals surface area contributed by atoms with Crippen molar-refractivity contribution in [3.8, 4) is 5.75 Å². The van der Waals surface area contributed by atoms with E-state index in [0.29, 0.717) is 12.0 Å². The van der Waals surface area contributed by atoms with Gasteiger partial charge in [0, 0.05) is 4.47 Å². The van der Waals surface area contributed by atoms with Crippen LogP contribution in [0, 0.1) is 0 Å². The summed E-state index contributed by atoms with van der Waals surface area (Å²) in [5, 5.41) is 0. The summed E-state index contributed by atoms with van der Waals surface area (Å²) in [6, 6.07) is 6.36. The highest BCUT2D eigenvalue weighted by molar-refractivity contribution is 9.10. The van der Waals surface area contributed by atoms with E-state index in [9.17, 15) is 0 Å². The van der Waals surface area contributed by atoms with Gasteiger partial charge in [0.2, 0.25) is 0 Å². The lowest BCUT2D eigenvalue weighted by molar-refractivity contribution is 0.153. The van der Waals surface area contributed by atoms with E-state index in [4.69, 9.17) is 4.74 Å². The van der Waals surface area contributed by atoms with Crippen molar-refractivity contribution < 1.29 is 4.74 Å². The minimum absolute atomic E-state index is 0.433. The van der Waals surface area contributed by atoms with Crippen molar-refractivity contribution in [1.29, 1.82) is 0 Å². The minimum atomic E-state index is 0.433. The molecular weight excluding hydrogens is 276 g/mol. The predicted octanol–water partition coefficient (Wildman–Crippen LogP) is 5.28. The van der Waals surface area contributed by atoms with Crippen LogP contribution in [0.1, 0.15) is 57.4 Å². The van der Waals surface area contributed by atoms with Gasteiger partial charge in [0.05, 0.1) is 6.10 Å². The van der Waals surface area contributed by atoms with Crippen LogP contribution in [0.4, 0.5) is 0 Å². The second-order valence-electron chi connectivity index (χ2n) is 5.21. The second-order valence-corrected chi connectivity index (χ2v) is 6.13. The molecule has 0 heterocycles. The number of hydrogen-bond acceptors (Lipinski definition) is 1. The Morgan fingerprint density at radius 1 is 1.18 bits per heavy atom. The summed E-state index contributed by atoms with van der Waals surface area (Å²) in [6.45, 7) is 4.44. The maximum Gasteiger partial charge on any atom is 0.123 e. The number of benzene rings is 1. The average molecular weight is 297 g/mol. The van der Waals surface area contributed by atoms with Gasteiger partial charge < -0.3 is 4.74 Å². The third-order valence-corrected chi connectivity index (χ3v) is 3.93. The zero-order valence-electron chi connectivity index (χ0n) is 10.7. The molecule has 17 heavy (non-hydrogen) atoms. The Hall–Kier alpha value is -0.500. The molecule has 1 aromatic rings. The van der Waals surface area contributed by atoms with Gasteiger partial charge in [-0.3, -0.25) is 0 Å². The molecule has 0 spiro atoms. The largest absolute Gasteiger partial charge is 0.490 e. The van der Waals surface area contributed by atoms with E-state index in [-0.39, 0.29) is 0 Å². The molecule has 0 unspecified atom stereocenters. The van der Waals surface area contributed by atoms with Crippen LogP contribution in [0.15, 0.2) is 22.7 Å². The lowest BCUT2D eigenvalue weighted by Gasteiger charge is -2.25. The summed E-state index contributed by atoms with van der Waals surface area (Å²) in [7, 11) is 0. The molecule has 94 valence electrons. The Kier molecular flexibility index (Phi) is 4.49. The van der Waals surface area contributed by atoms with E-state index in [1.807, 2.05) is 0 Å². The molecule has 2 heteroatoms. The molecule has 0 amide bonds. The fourth-order valence-electron chi connectivity index (χ4n) is 2.44. The molecule has 0 bridgehead atoms. The molecule has 0 aromatic heterocycles. The van der Waals surface area contributed by atoms with Crippen LogP contribution >= 0.6 is 15.9 Å². The van der Waals surface area contributed by atoms with Crippen LogP contribution in [0.2, 0.25) is 0 Å². The summed E-state index contributed by atoms with van der Waals surface area (Å²) in [5.74, 6) is 1.58. The van der Waals surface area contributed by atoms with E-state index in [0.717, 1.165) is 10.2 Å². The number of halogens is 1. The zero-order valence-corrected chi connectivity index (χ0v) is 12.3. The molecule has 0 saturated heterocycles. The molecule has 1 aliphatic carbocycles. The molecule has 1 aliphatic rings. The summed E-state index contributed by atoms with van der Waals surface area (Å²) in [6.07, 6.45) is 6.87. The van der Waals surface area contributed by atoms with E-state index in [2.05, 4.69) is 48.0 Å². The van der Waals surface area contributed by atoms with Gasteiger partial charge in [-0.25, -0.2) is 0 Å². The van der Waals surface area contributed by atoms with Crippen molar-refractivity contribution in [1.82, 2.24) is 0 Å². The quantitative estimate of drug-likeness (QED) is 0.737. The molecule has 0 atom stereocenters. The third-order valence-electron chi connectivity index (χ3n) is 3.44. The van der Waals surface area contributed by atoms with Crippen molar-refractivity contribution in [2.75, 3.05) is 0 Å². The first-order valence-corrected chi connectivity index (χ1v) is 7.42. The van der Waals surface area contributed by atoms with Crippen molar-refractivity contribution in [2.24, 2.45) is 0 Å². The first-order chi connectivity index (χ1) is 8.16. The molecule has 0 radical (unpaired) electrons. The number of ether oxygens (including phenoxy) is 1. The molecular formula is C15H21BrO. The Bertz CT molecular complexity index is 367. The van der Waals surface area contributed by atoms with Crippen molar-refractivity contribution in [2.45, 2.75) is 58.0 Å². The number of hydrogen-bond donors (Lipinski definition) is 0. The normalized spacial score (nSPS) is 17.4. The molecule has 1 fully saturated rings. The Balaban J connectivity index is 2.13. The average Bonchev–Trinajstić information content (AvgIpc) is 2.32. The molecule has 1 nitrogen and oxygen atoms in total. The second kappa shape index (κ2) is 5.90. The standard InChI is InChI=1S/C15H21BrO/c1-11(2)14-10-12(16)8-9-15(14)17-13-6-4-3-5-7-13/h8-11,13H,3-7H2,1-2H3. The summed E-state index contributed by atoms with van der Waals surface area (Å²) in [4.78, 5) is 0. The maximum absolute atomic E-state index is 6.18. The highest BCUT2D eigenvalue weighted by Gasteiger charge is 2.17. The van der Waals surface area contributed by atoms with Crippen molar-refractivity contribution >= 4 is 15.9 Å². The molecule has 0 aliphatic heterocycles. The van der Waals surface area contributed by atoms with Gasteiger partial charge in [-0.1, -0.05) is 36.2 Å². The highest BCUT2D eigenvalue weighted by Crippen LogP contribution is 2.32. The van der Waals surface area contributed by atoms with Gasteiger partial charge in [0.25, 0.3) is 0 Å². The fraction of sp³-hybridized carbons (Fsp3) is 0.600. The predicted molar refractivity (Wildman–Crippen MR) is 75.7 cm³/mol. The van der Waals surface area contributed by atoms with Gasteiger partial charge in [0.1, 0.15) is 5.75 Å². The van der Waals surface area contributed by atoms with Crippen LogP contribution in [0.25, 0.3) is 0 Å². The van der Waals surface area contributed by atoms with Crippen LogP contribution in [-0.2, 0) is 0 Å². The lowest BCUT2D eigenvalue weighted by atomic mass is 9.97. The SMILES string of the molecule is CC(C)c1cc(Br)ccc1OC1CCCCC1. The van der Waals surface area contributed by atoms with E-state index < -0.39 is 0 Å². The smallest absolute Gasteiger partial charge is 0.123 e. The van der Waals surface area contributed by atoms with Gasteiger partial charge in [-0.05, 0) is 55.4 Å². The van der Waals surface area contributed by atoms with E-state index in [1.54, 1.807) is 0 Å². The Morgan fingerprint density at radius 3 is 2.53 bits per heavy atom. The summed E-state index contributed by atoms with van der Waals surface area (Å²) >= 11 is 3.53. The Labute approximate surface area is 113 Å². The van der Waals surface area contributed by atoms with Crippen LogP contribution < -0.4 is 4.74 Å². The summed E-state index contributed by atoms with van der Waals surface area (Å²) in [5.41, 5.74) is 1.31. The van der Waals surface area contributed by atoms with Crippen molar-refractivity contribution in [3.05, 3.63) is 28.2 Å². The molecule has 0 N–H and O–H groups in total. The first-order valence-electron chi connectivity index (χ1n) is 6.63. The lowest BCUT2D eigenvalue weighted by Crippen LogP contribution is -2.20. The molecule has 1 saturated carbocycles. The maximum atomic E-state index is 6.18. The fourth-order valence-corrected chi connectivity index (χ4v) is 2.82. The van der Waals surface area contributed by atoms with Gasteiger partial charge >= 0.3 is 0 Å². The zero-order chi connectivity index (χ0) is 12.3.